The van der Waals surface area contributed by atoms with E-state index >= 15 is 0 Å². The third kappa shape index (κ3) is 2.79. The normalized spacial score (nSPS) is 57.7. The molecule has 5 saturated carbocycles. The van der Waals surface area contributed by atoms with Crippen molar-refractivity contribution in [1.29, 1.82) is 0 Å². The largest absolute Gasteiger partial charge is 0.469 e. The molecule has 35 heavy (non-hydrogen) atoms. The molecule has 5 nitrogen and oxygen atoms in total. The van der Waals surface area contributed by atoms with Crippen LogP contribution < -0.4 is 0 Å². The highest BCUT2D eigenvalue weighted by molar-refractivity contribution is 5.69. The van der Waals surface area contributed by atoms with E-state index in [0.29, 0.717) is 47.3 Å². The van der Waals surface area contributed by atoms with Crippen LogP contribution in [0.3, 0.4) is 0 Å². The van der Waals surface area contributed by atoms with Gasteiger partial charge in [0.1, 0.15) is 0 Å². The lowest BCUT2D eigenvalue weighted by Gasteiger charge is -2.63. The van der Waals surface area contributed by atoms with Gasteiger partial charge in [-0.25, -0.2) is 0 Å². The molecule has 1 aliphatic heterocycles. The summed E-state index contributed by atoms with van der Waals surface area (Å²) in [5.41, 5.74) is 0.609. The molecule has 12 atom stereocenters. The lowest BCUT2D eigenvalue weighted by molar-refractivity contribution is -0.182. The summed E-state index contributed by atoms with van der Waals surface area (Å²) in [6.07, 6.45) is 9.47. The van der Waals surface area contributed by atoms with Crippen LogP contribution in [0.2, 0.25) is 0 Å². The molecule has 1 heterocycles. The second-order valence-corrected chi connectivity index (χ2v) is 14.8. The van der Waals surface area contributed by atoms with Gasteiger partial charge in [0, 0.05) is 11.8 Å². The first-order valence-corrected chi connectivity index (χ1v) is 14.5. The summed E-state index contributed by atoms with van der Waals surface area (Å²) in [6, 6.07) is 0. The highest BCUT2D eigenvalue weighted by Crippen LogP contribution is 2.89. The summed E-state index contributed by atoms with van der Waals surface area (Å²) in [7, 11) is 1.44. The van der Waals surface area contributed by atoms with Crippen molar-refractivity contribution in [3.05, 3.63) is 0 Å². The van der Waals surface area contributed by atoms with Crippen molar-refractivity contribution < 1.29 is 24.5 Å². The first-order chi connectivity index (χ1) is 16.4. The Morgan fingerprint density at radius 1 is 1.00 bits per heavy atom. The lowest BCUT2D eigenvalue weighted by atomic mass is 9.41. The van der Waals surface area contributed by atoms with Crippen LogP contribution in [0.4, 0.5) is 0 Å². The maximum absolute atomic E-state index is 12.2. The van der Waals surface area contributed by atoms with Gasteiger partial charge in [-0.1, -0.05) is 34.6 Å². The van der Waals surface area contributed by atoms with Gasteiger partial charge in [0.15, 0.2) is 0 Å². The number of rotatable bonds is 3. The molecule has 2 spiro atoms. The van der Waals surface area contributed by atoms with Crippen LogP contribution >= 0.6 is 0 Å². The van der Waals surface area contributed by atoms with Crippen LogP contribution in [0.1, 0.15) is 98.8 Å². The van der Waals surface area contributed by atoms with E-state index in [4.69, 9.17) is 9.47 Å². The van der Waals surface area contributed by atoms with Crippen molar-refractivity contribution in [3.8, 4) is 0 Å². The topological polar surface area (TPSA) is 76.0 Å². The minimum Gasteiger partial charge on any atom is -0.469 e. The van der Waals surface area contributed by atoms with Crippen molar-refractivity contribution in [2.45, 2.75) is 123 Å². The molecule has 2 N–H and O–H groups in total. The summed E-state index contributed by atoms with van der Waals surface area (Å²) in [4.78, 5) is 11.8. The molecule has 0 aromatic rings. The second kappa shape index (κ2) is 7.47. The predicted octanol–water partition coefficient (Wildman–Crippen LogP) is 5.11. The summed E-state index contributed by atoms with van der Waals surface area (Å²) >= 11 is 0. The summed E-state index contributed by atoms with van der Waals surface area (Å²) < 4.78 is 11.6. The fraction of sp³-hybridized carbons (Fsp3) is 0.967. The zero-order valence-corrected chi connectivity index (χ0v) is 22.8. The van der Waals surface area contributed by atoms with E-state index in [9.17, 15) is 15.0 Å². The van der Waals surface area contributed by atoms with Gasteiger partial charge in [-0.05, 0) is 103 Å². The summed E-state index contributed by atoms with van der Waals surface area (Å²) in [5, 5.41) is 23.0. The molecule has 0 aromatic heterocycles. The molecule has 5 heteroatoms. The SMILES string of the molecule is COC(=O)CCC1C[C@@H](C)C2C(O1)[C@H](O)[C@@]1(C)[C@@H]3CC[C@H]4C(C)(C)C(O)CC[C@@]45CC35CC[C@]21C. The standard InChI is InChI=1S/C30H48O5/c1-17-15-18(7-10-22(32)34-6)35-24-23(17)27(4)13-14-30-16-29(30)12-11-21(31)26(2,3)19(29)8-9-20(30)28(27,5)25(24)33/h17-21,23-25,31,33H,7-16H2,1-6H3/t17-,18?,19+,20+,21?,23?,24?,25+,27-,28-,29-,30?/m1/s1. The number of carbonyl (C=O) groups excluding carboxylic acids is 1. The third-order valence-electron chi connectivity index (χ3n) is 13.8. The van der Waals surface area contributed by atoms with E-state index in [1.54, 1.807) is 0 Å². The van der Waals surface area contributed by atoms with Crippen molar-refractivity contribution in [3.63, 3.8) is 0 Å². The van der Waals surface area contributed by atoms with Crippen LogP contribution in [-0.2, 0) is 14.3 Å². The van der Waals surface area contributed by atoms with Gasteiger partial charge >= 0.3 is 5.97 Å². The van der Waals surface area contributed by atoms with Gasteiger partial charge in [-0.15, -0.1) is 0 Å². The lowest BCUT2D eigenvalue weighted by Crippen LogP contribution is -2.59. The average Bonchev–Trinajstić information content (AvgIpc) is 3.45. The fourth-order valence-corrected chi connectivity index (χ4v) is 12.0. The zero-order valence-electron chi connectivity index (χ0n) is 22.8. The van der Waals surface area contributed by atoms with Gasteiger partial charge in [-0.3, -0.25) is 4.79 Å². The Morgan fingerprint density at radius 2 is 1.69 bits per heavy atom. The monoisotopic (exact) mass is 488 g/mol. The number of methoxy groups -OCH3 is 1. The molecule has 6 rings (SSSR count). The average molecular weight is 489 g/mol. The molecular formula is C30H48O5. The van der Waals surface area contributed by atoms with E-state index in [1.165, 1.54) is 39.2 Å². The Balaban J connectivity index is 1.31. The molecule has 0 aromatic carbocycles. The van der Waals surface area contributed by atoms with Crippen molar-refractivity contribution >= 4 is 5.97 Å². The van der Waals surface area contributed by atoms with Crippen LogP contribution in [0.15, 0.2) is 0 Å². The molecule has 1 saturated heterocycles. The molecule has 5 unspecified atom stereocenters. The van der Waals surface area contributed by atoms with Crippen LogP contribution in [0, 0.1) is 50.7 Å². The molecule has 0 amide bonds. The quantitative estimate of drug-likeness (QED) is 0.540. The van der Waals surface area contributed by atoms with E-state index in [1.807, 2.05) is 0 Å². The number of hydrogen-bond donors (Lipinski definition) is 2. The Kier molecular flexibility index (Phi) is 5.27. The molecule has 0 radical (unpaired) electrons. The van der Waals surface area contributed by atoms with Gasteiger partial charge in [0.25, 0.3) is 0 Å². The molecule has 5 aliphatic carbocycles. The van der Waals surface area contributed by atoms with E-state index in [-0.39, 0.29) is 40.5 Å². The molecule has 198 valence electrons. The predicted molar refractivity (Wildman–Crippen MR) is 133 cm³/mol. The second-order valence-electron chi connectivity index (χ2n) is 14.8. The fourth-order valence-electron chi connectivity index (χ4n) is 12.0. The Hall–Kier alpha value is -0.650. The van der Waals surface area contributed by atoms with Crippen molar-refractivity contribution in [1.82, 2.24) is 0 Å². The Labute approximate surface area is 211 Å². The molecule has 6 aliphatic rings. The zero-order chi connectivity index (χ0) is 25.2. The maximum Gasteiger partial charge on any atom is 0.305 e. The van der Waals surface area contributed by atoms with Gasteiger partial charge in [-0.2, -0.15) is 0 Å². The van der Waals surface area contributed by atoms with Crippen molar-refractivity contribution in [2.75, 3.05) is 7.11 Å². The first-order valence-electron chi connectivity index (χ1n) is 14.5. The van der Waals surface area contributed by atoms with Gasteiger partial charge < -0.3 is 19.7 Å². The van der Waals surface area contributed by atoms with Gasteiger partial charge in [0.05, 0.1) is 31.5 Å². The maximum atomic E-state index is 12.2. The molecular weight excluding hydrogens is 440 g/mol. The number of aliphatic hydroxyl groups is 2. The smallest absolute Gasteiger partial charge is 0.305 e. The number of hydrogen-bond acceptors (Lipinski definition) is 5. The summed E-state index contributed by atoms with van der Waals surface area (Å²) in [6.45, 7) is 11.9. The van der Waals surface area contributed by atoms with E-state index < -0.39 is 6.10 Å². The minimum atomic E-state index is -0.459. The number of esters is 1. The molecule has 6 fully saturated rings. The van der Waals surface area contributed by atoms with Gasteiger partial charge in [0.2, 0.25) is 0 Å². The highest BCUT2D eigenvalue weighted by Gasteiger charge is 2.84. The number of ether oxygens (including phenoxy) is 2. The highest BCUT2D eigenvalue weighted by atomic mass is 16.5. The minimum absolute atomic E-state index is 0.0128. The number of fused-ring (bicyclic) bond motifs is 4. The summed E-state index contributed by atoms with van der Waals surface area (Å²) in [5.74, 6) is 1.79. The van der Waals surface area contributed by atoms with Crippen LogP contribution in [0.25, 0.3) is 0 Å². The Bertz CT molecular complexity index is 901. The third-order valence-corrected chi connectivity index (χ3v) is 13.8. The van der Waals surface area contributed by atoms with E-state index in [0.717, 1.165) is 19.3 Å². The van der Waals surface area contributed by atoms with E-state index in [2.05, 4.69) is 34.6 Å². The number of carbonyl (C=O) groups is 1. The number of aliphatic hydroxyl groups excluding tert-OH is 2. The van der Waals surface area contributed by atoms with Crippen LogP contribution in [-0.4, -0.2) is 47.7 Å². The van der Waals surface area contributed by atoms with Crippen molar-refractivity contribution in [2.24, 2.45) is 50.7 Å². The molecule has 0 bridgehead atoms. The van der Waals surface area contributed by atoms with Crippen LogP contribution in [0.5, 0.6) is 0 Å². The first kappa shape index (κ1) is 24.7. The Morgan fingerprint density at radius 3 is 2.40 bits per heavy atom.